The molecule has 23 heavy (non-hydrogen) atoms. The van der Waals surface area contributed by atoms with Gasteiger partial charge in [-0.15, -0.1) is 0 Å². The van der Waals surface area contributed by atoms with E-state index < -0.39 is 0 Å². The third-order valence-electron chi connectivity index (χ3n) is 3.26. The van der Waals surface area contributed by atoms with E-state index in [1.807, 2.05) is 30.3 Å². The number of nitrogens with zero attached hydrogens (tertiary/aromatic N) is 2. The van der Waals surface area contributed by atoms with Crippen molar-refractivity contribution in [1.82, 2.24) is 9.88 Å². The second kappa shape index (κ2) is 6.74. The quantitative estimate of drug-likeness (QED) is 0.687. The molecule has 1 N–H and O–H groups in total. The molecule has 0 radical (unpaired) electrons. The molecule has 0 spiro atoms. The molecule has 0 atom stereocenters. The van der Waals surface area contributed by atoms with E-state index in [2.05, 4.69) is 10.3 Å². The van der Waals surface area contributed by atoms with Crippen LogP contribution in [0.15, 0.2) is 42.5 Å². The van der Waals surface area contributed by atoms with Crippen LogP contribution in [-0.4, -0.2) is 23.0 Å². The van der Waals surface area contributed by atoms with E-state index in [1.54, 1.807) is 24.1 Å². The number of amides is 2. The third-order valence-corrected chi connectivity index (χ3v) is 4.95. The Bertz CT molecular complexity index is 832. The smallest absolute Gasteiger partial charge is 0.323 e. The van der Waals surface area contributed by atoms with Crippen molar-refractivity contribution < 1.29 is 4.79 Å². The van der Waals surface area contributed by atoms with Crippen molar-refractivity contribution in [3.8, 4) is 0 Å². The fourth-order valence-electron chi connectivity index (χ4n) is 2.10. The Morgan fingerprint density at radius 1 is 1.22 bits per heavy atom. The van der Waals surface area contributed by atoms with Gasteiger partial charge in [0.25, 0.3) is 0 Å². The molecule has 0 aliphatic carbocycles. The van der Waals surface area contributed by atoms with Gasteiger partial charge in [0, 0.05) is 13.6 Å². The van der Waals surface area contributed by atoms with Gasteiger partial charge < -0.3 is 4.90 Å². The number of hydrogen-bond donors (Lipinski definition) is 1. The maximum Gasteiger partial charge on any atom is 0.323 e. The maximum absolute atomic E-state index is 12.3. The van der Waals surface area contributed by atoms with Gasteiger partial charge >= 0.3 is 6.03 Å². The SMILES string of the molecule is CN(Cc1ccc(Cl)c(Cl)c1)C(=O)Nc1nc2ccccc2s1. The first kappa shape index (κ1) is 16.1. The van der Waals surface area contributed by atoms with Crippen LogP contribution in [0, 0.1) is 0 Å². The molecule has 1 aromatic heterocycles. The van der Waals surface area contributed by atoms with Crippen LogP contribution in [0.2, 0.25) is 10.0 Å². The highest BCUT2D eigenvalue weighted by molar-refractivity contribution is 7.22. The number of carbonyl (C=O) groups is 1. The average molecular weight is 366 g/mol. The Balaban J connectivity index is 1.68. The zero-order chi connectivity index (χ0) is 16.4. The second-order valence-corrected chi connectivity index (χ2v) is 6.87. The lowest BCUT2D eigenvalue weighted by Crippen LogP contribution is -2.30. The highest BCUT2D eigenvalue weighted by Gasteiger charge is 2.12. The molecule has 0 aliphatic heterocycles. The summed E-state index contributed by atoms with van der Waals surface area (Å²) in [5.41, 5.74) is 1.78. The summed E-state index contributed by atoms with van der Waals surface area (Å²) >= 11 is 13.3. The molecule has 0 bridgehead atoms. The molecule has 118 valence electrons. The molecule has 0 unspecified atom stereocenters. The lowest BCUT2D eigenvalue weighted by Gasteiger charge is -2.17. The number of urea groups is 1. The summed E-state index contributed by atoms with van der Waals surface area (Å²) in [6.07, 6.45) is 0. The van der Waals surface area contributed by atoms with Crippen LogP contribution >= 0.6 is 34.5 Å². The van der Waals surface area contributed by atoms with Crippen molar-refractivity contribution in [2.75, 3.05) is 12.4 Å². The van der Waals surface area contributed by atoms with Gasteiger partial charge in [-0.2, -0.15) is 0 Å². The molecule has 0 aliphatic rings. The number of anilines is 1. The Morgan fingerprint density at radius 3 is 2.74 bits per heavy atom. The number of fused-ring (bicyclic) bond motifs is 1. The minimum absolute atomic E-state index is 0.227. The number of para-hydroxylation sites is 1. The zero-order valence-corrected chi connectivity index (χ0v) is 14.5. The van der Waals surface area contributed by atoms with Crippen LogP contribution in [0.4, 0.5) is 9.93 Å². The predicted molar refractivity (Wildman–Crippen MR) is 96.6 cm³/mol. The first-order chi connectivity index (χ1) is 11.0. The maximum atomic E-state index is 12.3. The van der Waals surface area contributed by atoms with Crippen LogP contribution < -0.4 is 5.32 Å². The molecule has 3 rings (SSSR count). The van der Waals surface area contributed by atoms with E-state index in [9.17, 15) is 4.79 Å². The molecule has 4 nitrogen and oxygen atoms in total. The number of thiazole rings is 1. The van der Waals surface area contributed by atoms with Gasteiger partial charge in [0.15, 0.2) is 5.13 Å². The zero-order valence-electron chi connectivity index (χ0n) is 12.2. The van der Waals surface area contributed by atoms with E-state index in [0.717, 1.165) is 15.8 Å². The Labute approximate surface area is 147 Å². The summed E-state index contributed by atoms with van der Waals surface area (Å²) in [5.74, 6) is 0. The molecule has 2 amide bonds. The molecule has 0 saturated heterocycles. The Hall–Kier alpha value is -1.82. The number of benzene rings is 2. The number of halogens is 2. The van der Waals surface area contributed by atoms with Gasteiger partial charge in [-0.05, 0) is 29.8 Å². The van der Waals surface area contributed by atoms with Crippen molar-refractivity contribution in [3.05, 3.63) is 58.1 Å². The molecular weight excluding hydrogens is 353 g/mol. The number of carbonyl (C=O) groups excluding carboxylic acids is 1. The number of aromatic nitrogens is 1. The van der Waals surface area contributed by atoms with E-state index in [1.165, 1.54) is 11.3 Å². The summed E-state index contributed by atoms with van der Waals surface area (Å²) in [7, 11) is 1.71. The Kier molecular flexibility index (Phi) is 4.71. The van der Waals surface area contributed by atoms with E-state index in [-0.39, 0.29) is 6.03 Å². The first-order valence-electron chi connectivity index (χ1n) is 6.84. The lowest BCUT2D eigenvalue weighted by atomic mass is 10.2. The minimum atomic E-state index is -0.227. The van der Waals surface area contributed by atoms with Crippen molar-refractivity contribution in [1.29, 1.82) is 0 Å². The Morgan fingerprint density at radius 2 is 2.00 bits per heavy atom. The van der Waals surface area contributed by atoms with Gasteiger partial charge in [-0.3, -0.25) is 5.32 Å². The van der Waals surface area contributed by atoms with Crippen molar-refractivity contribution in [2.24, 2.45) is 0 Å². The predicted octanol–water partition coefficient (Wildman–Crippen LogP) is 5.27. The molecule has 1 heterocycles. The average Bonchev–Trinajstić information content (AvgIpc) is 2.93. The van der Waals surface area contributed by atoms with Crippen molar-refractivity contribution in [3.63, 3.8) is 0 Å². The fraction of sp³-hybridized carbons (Fsp3) is 0.125. The van der Waals surface area contributed by atoms with Crippen LogP contribution in [-0.2, 0) is 6.54 Å². The third kappa shape index (κ3) is 3.75. The summed E-state index contributed by atoms with van der Waals surface area (Å²) in [4.78, 5) is 18.2. The lowest BCUT2D eigenvalue weighted by molar-refractivity contribution is 0.220. The highest BCUT2D eigenvalue weighted by Crippen LogP contribution is 2.26. The normalized spacial score (nSPS) is 10.7. The first-order valence-corrected chi connectivity index (χ1v) is 8.42. The standard InChI is InChI=1S/C16H13Cl2N3OS/c1-21(9-10-6-7-11(17)12(18)8-10)16(22)20-15-19-13-4-2-3-5-14(13)23-15/h2-8H,9H2,1H3,(H,19,20,22). The molecular formula is C16H13Cl2N3OS. The molecule has 2 aromatic carbocycles. The molecule has 7 heteroatoms. The second-order valence-electron chi connectivity index (χ2n) is 5.02. The summed E-state index contributed by atoms with van der Waals surface area (Å²) < 4.78 is 1.04. The monoisotopic (exact) mass is 365 g/mol. The van der Waals surface area contributed by atoms with Crippen molar-refractivity contribution in [2.45, 2.75) is 6.54 Å². The van der Waals surface area contributed by atoms with Gasteiger partial charge in [0.2, 0.25) is 0 Å². The van der Waals surface area contributed by atoms with Gasteiger partial charge in [0.05, 0.1) is 20.3 Å². The van der Waals surface area contributed by atoms with E-state index >= 15 is 0 Å². The van der Waals surface area contributed by atoms with Crippen LogP contribution in [0.1, 0.15) is 5.56 Å². The van der Waals surface area contributed by atoms with E-state index in [4.69, 9.17) is 23.2 Å². The van der Waals surface area contributed by atoms with Crippen LogP contribution in [0.5, 0.6) is 0 Å². The summed E-state index contributed by atoms with van der Waals surface area (Å²) in [6.45, 7) is 0.424. The molecule has 0 fully saturated rings. The summed E-state index contributed by atoms with van der Waals surface area (Å²) in [5, 5.41) is 4.37. The largest absolute Gasteiger partial charge is 0.323 e. The number of rotatable bonds is 3. The van der Waals surface area contributed by atoms with Crippen molar-refractivity contribution >= 4 is 55.9 Å². The van der Waals surface area contributed by atoms with Gasteiger partial charge in [-0.1, -0.05) is 52.7 Å². The highest BCUT2D eigenvalue weighted by atomic mass is 35.5. The van der Waals surface area contributed by atoms with Gasteiger partial charge in [-0.25, -0.2) is 9.78 Å². The fourth-order valence-corrected chi connectivity index (χ4v) is 3.27. The molecule has 0 saturated carbocycles. The minimum Gasteiger partial charge on any atom is -0.323 e. The van der Waals surface area contributed by atoms with E-state index in [0.29, 0.717) is 21.7 Å². The van der Waals surface area contributed by atoms with Gasteiger partial charge in [0.1, 0.15) is 0 Å². The number of hydrogen-bond acceptors (Lipinski definition) is 3. The molecule has 3 aromatic rings. The van der Waals surface area contributed by atoms with Crippen LogP contribution in [0.25, 0.3) is 10.2 Å². The number of nitrogens with one attached hydrogen (secondary N) is 1. The topological polar surface area (TPSA) is 45.2 Å². The summed E-state index contributed by atoms with van der Waals surface area (Å²) in [6, 6.07) is 12.9. The van der Waals surface area contributed by atoms with Crippen LogP contribution in [0.3, 0.4) is 0 Å².